The Labute approximate surface area is 123 Å². The van der Waals surface area contributed by atoms with Crippen molar-refractivity contribution in [2.75, 3.05) is 20.4 Å². The largest absolute Gasteiger partial charge is 0.497 e. The van der Waals surface area contributed by atoms with E-state index in [-0.39, 0.29) is 12.0 Å². The molecule has 0 saturated carbocycles. The number of carbonyl (C=O) groups is 1. The molecule has 1 fully saturated rings. The average molecular weight is 283 g/mol. The molecule has 21 heavy (non-hydrogen) atoms. The van der Waals surface area contributed by atoms with Gasteiger partial charge in [0.1, 0.15) is 18.6 Å². The van der Waals surface area contributed by atoms with Crippen LogP contribution in [0.5, 0.6) is 5.75 Å². The third kappa shape index (κ3) is 2.90. The van der Waals surface area contributed by atoms with Gasteiger partial charge >= 0.3 is 0 Å². The fourth-order valence-electron chi connectivity index (χ4n) is 2.41. The molecule has 1 unspecified atom stereocenters. The monoisotopic (exact) mass is 283 g/mol. The number of rotatable bonds is 3. The Morgan fingerprint density at radius 2 is 1.86 bits per heavy atom. The minimum absolute atomic E-state index is 0.0175. The first kappa shape index (κ1) is 13.6. The Hall–Kier alpha value is -2.33. The van der Waals surface area contributed by atoms with Crippen LogP contribution in [0.15, 0.2) is 54.6 Å². The number of methoxy groups -OCH3 is 1. The summed E-state index contributed by atoms with van der Waals surface area (Å²) in [4.78, 5) is 14.2. The van der Waals surface area contributed by atoms with Gasteiger partial charge in [0, 0.05) is 5.56 Å². The zero-order valence-electron chi connectivity index (χ0n) is 11.9. The van der Waals surface area contributed by atoms with Crippen molar-refractivity contribution in [3.63, 3.8) is 0 Å². The molecule has 3 rings (SSSR count). The molecule has 1 heterocycles. The second-order valence-corrected chi connectivity index (χ2v) is 4.95. The Kier molecular flexibility index (Phi) is 3.88. The molecule has 2 aromatic carbocycles. The topological polar surface area (TPSA) is 38.8 Å². The van der Waals surface area contributed by atoms with Gasteiger partial charge in [0.2, 0.25) is 0 Å². The summed E-state index contributed by atoms with van der Waals surface area (Å²) in [7, 11) is 1.61. The maximum Gasteiger partial charge on any atom is 0.255 e. The minimum Gasteiger partial charge on any atom is -0.497 e. The summed E-state index contributed by atoms with van der Waals surface area (Å²) in [5.41, 5.74) is 1.75. The molecule has 1 saturated heterocycles. The summed E-state index contributed by atoms with van der Waals surface area (Å²) in [6.07, 6.45) is -0.0478. The predicted molar refractivity (Wildman–Crippen MR) is 79.2 cm³/mol. The van der Waals surface area contributed by atoms with Gasteiger partial charge in [-0.1, -0.05) is 30.3 Å². The molecule has 1 atom stereocenters. The SMILES string of the molecule is COc1ccc(C(=O)N2COC(c3ccccc3)C2)cc1. The third-order valence-electron chi connectivity index (χ3n) is 3.61. The summed E-state index contributed by atoms with van der Waals surface area (Å²) in [6.45, 7) is 0.902. The lowest BCUT2D eigenvalue weighted by Crippen LogP contribution is -2.28. The van der Waals surface area contributed by atoms with Crippen LogP contribution in [0.25, 0.3) is 0 Å². The summed E-state index contributed by atoms with van der Waals surface area (Å²) in [5, 5.41) is 0. The molecule has 1 amide bonds. The molecule has 2 aromatic rings. The van der Waals surface area contributed by atoms with Crippen molar-refractivity contribution >= 4 is 5.91 Å². The van der Waals surface area contributed by atoms with Gasteiger partial charge in [-0.3, -0.25) is 4.79 Å². The molecule has 0 aliphatic carbocycles. The first-order valence-electron chi connectivity index (χ1n) is 6.88. The van der Waals surface area contributed by atoms with Gasteiger partial charge in [-0.2, -0.15) is 0 Å². The van der Waals surface area contributed by atoms with E-state index >= 15 is 0 Å². The number of ether oxygens (including phenoxy) is 2. The third-order valence-corrected chi connectivity index (χ3v) is 3.61. The van der Waals surface area contributed by atoms with E-state index in [4.69, 9.17) is 9.47 Å². The van der Waals surface area contributed by atoms with E-state index in [9.17, 15) is 4.79 Å². The van der Waals surface area contributed by atoms with E-state index in [1.54, 1.807) is 36.3 Å². The van der Waals surface area contributed by atoms with Gasteiger partial charge in [0.15, 0.2) is 0 Å². The average Bonchev–Trinajstić information content (AvgIpc) is 3.05. The molecule has 0 spiro atoms. The molecule has 108 valence electrons. The van der Waals surface area contributed by atoms with Crippen molar-refractivity contribution in [3.05, 3.63) is 65.7 Å². The maximum atomic E-state index is 12.4. The predicted octanol–water partition coefficient (Wildman–Crippen LogP) is 2.87. The van der Waals surface area contributed by atoms with Crippen LogP contribution in [-0.4, -0.2) is 31.2 Å². The number of hydrogen-bond acceptors (Lipinski definition) is 3. The maximum absolute atomic E-state index is 12.4. The van der Waals surface area contributed by atoms with Crippen LogP contribution in [0.3, 0.4) is 0 Å². The van der Waals surface area contributed by atoms with E-state index in [2.05, 4.69) is 0 Å². The van der Waals surface area contributed by atoms with E-state index in [1.807, 2.05) is 30.3 Å². The highest BCUT2D eigenvalue weighted by molar-refractivity contribution is 5.94. The molecule has 0 radical (unpaired) electrons. The number of amides is 1. The van der Waals surface area contributed by atoms with E-state index in [0.29, 0.717) is 18.8 Å². The van der Waals surface area contributed by atoms with E-state index in [1.165, 1.54) is 0 Å². The normalized spacial score (nSPS) is 17.8. The number of benzene rings is 2. The lowest BCUT2D eigenvalue weighted by molar-refractivity contribution is 0.0630. The summed E-state index contributed by atoms with van der Waals surface area (Å²) in [6, 6.07) is 17.1. The molecule has 1 aliphatic rings. The second kappa shape index (κ2) is 5.97. The Bertz CT molecular complexity index is 610. The van der Waals surface area contributed by atoms with E-state index in [0.717, 1.165) is 11.3 Å². The Morgan fingerprint density at radius 1 is 1.14 bits per heavy atom. The van der Waals surface area contributed by atoms with Gasteiger partial charge in [0.25, 0.3) is 5.91 Å². The van der Waals surface area contributed by atoms with Crippen LogP contribution in [0, 0.1) is 0 Å². The van der Waals surface area contributed by atoms with Crippen LogP contribution in [-0.2, 0) is 4.74 Å². The highest BCUT2D eigenvalue weighted by atomic mass is 16.5. The molecule has 1 aliphatic heterocycles. The fraction of sp³-hybridized carbons (Fsp3) is 0.235. The van der Waals surface area contributed by atoms with Crippen molar-refractivity contribution in [1.82, 2.24) is 4.90 Å². The van der Waals surface area contributed by atoms with Crippen molar-refractivity contribution < 1.29 is 14.3 Å². The molecule has 0 aromatic heterocycles. The van der Waals surface area contributed by atoms with Gasteiger partial charge < -0.3 is 14.4 Å². The summed E-state index contributed by atoms with van der Waals surface area (Å²) < 4.78 is 10.8. The number of hydrogen-bond donors (Lipinski definition) is 0. The fourth-order valence-corrected chi connectivity index (χ4v) is 2.41. The zero-order valence-corrected chi connectivity index (χ0v) is 11.9. The highest BCUT2D eigenvalue weighted by Crippen LogP contribution is 2.25. The Morgan fingerprint density at radius 3 is 2.52 bits per heavy atom. The smallest absolute Gasteiger partial charge is 0.255 e. The van der Waals surface area contributed by atoms with Crippen LogP contribution in [0.4, 0.5) is 0 Å². The van der Waals surface area contributed by atoms with Gasteiger partial charge in [-0.15, -0.1) is 0 Å². The lowest BCUT2D eigenvalue weighted by Gasteiger charge is -2.14. The van der Waals surface area contributed by atoms with Crippen molar-refractivity contribution in [3.8, 4) is 5.75 Å². The van der Waals surface area contributed by atoms with Crippen molar-refractivity contribution in [1.29, 1.82) is 0 Å². The summed E-state index contributed by atoms with van der Waals surface area (Å²) >= 11 is 0. The molecule has 0 bridgehead atoms. The van der Waals surface area contributed by atoms with Gasteiger partial charge in [-0.25, -0.2) is 0 Å². The first-order valence-corrected chi connectivity index (χ1v) is 6.88. The van der Waals surface area contributed by atoms with Crippen molar-refractivity contribution in [2.45, 2.75) is 6.10 Å². The van der Waals surface area contributed by atoms with Gasteiger partial charge in [0.05, 0.1) is 13.7 Å². The van der Waals surface area contributed by atoms with Crippen LogP contribution in [0.2, 0.25) is 0 Å². The standard InChI is InChI=1S/C17H17NO3/c1-20-15-9-7-14(8-10-15)17(19)18-11-16(21-12-18)13-5-3-2-4-6-13/h2-10,16H,11-12H2,1H3. The molecule has 4 nitrogen and oxygen atoms in total. The Balaban J connectivity index is 1.69. The van der Waals surface area contributed by atoms with Crippen LogP contribution < -0.4 is 4.74 Å². The van der Waals surface area contributed by atoms with Gasteiger partial charge in [-0.05, 0) is 29.8 Å². The summed E-state index contributed by atoms with van der Waals surface area (Å²) in [5.74, 6) is 0.725. The number of nitrogens with zero attached hydrogens (tertiary/aromatic N) is 1. The molecular formula is C17H17NO3. The lowest BCUT2D eigenvalue weighted by atomic mass is 10.1. The van der Waals surface area contributed by atoms with Crippen LogP contribution in [0.1, 0.15) is 22.0 Å². The van der Waals surface area contributed by atoms with Crippen molar-refractivity contribution in [2.24, 2.45) is 0 Å². The highest BCUT2D eigenvalue weighted by Gasteiger charge is 2.28. The first-order chi connectivity index (χ1) is 10.3. The molecule has 0 N–H and O–H groups in total. The van der Waals surface area contributed by atoms with E-state index < -0.39 is 0 Å². The van der Waals surface area contributed by atoms with Crippen LogP contribution >= 0.6 is 0 Å². The minimum atomic E-state index is -0.0478. The quantitative estimate of drug-likeness (QED) is 0.869. The number of carbonyl (C=O) groups excluding carboxylic acids is 1. The zero-order chi connectivity index (χ0) is 14.7. The second-order valence-electron chi connectivity index (χ2n) is 4.95. The molecule has 4 heteroatoms. The molecular weight excluding hydrogens is 266 g/mol.